The van der Waals surface area contributed by atoms with Crippen molar-refractivity contribution in [2.75, 3.05) is 14.1 Å². The molecule has 146 valence electrons. The maximum atomic E-state index is 12.7. The minimum Gasteiger partial charge on any atom is -0.360 e. The fraction of sp³-hybridized carbons (Fsp3) is 0.200. The monoisotopic (exact) mass is 399 g/mol. The summed E-state index contributed by atoms with van der Waals surface area (Å²) in [5, 5.41) is 6.84. The first-order chi connectivity index (χ1) is 13.3. The van der Waals surface area contributed by atoms with E-state index in [9.17, 15) is 13.2 Å². The molecular formula is C20H21N3O4S. The van der Waals surface area contributed by atoms with Crippen LogP contribution in [0.2, 0.25) is 0 Å². The maximum absolute atomic E-state index is 12.7. The van der Waals surface area contributed by atoms with Crippen molar-refractivity contribution in [1.29, 1.82) is 0 Å². The fourth-order valence-electron chi connectivity index (χ4n) is 2.69. The van der Waals surface area contributed by atoms with Gasteiger partial charge in [-0.25, -0.2) is 12.7 Å². The average Bonchev–Trinajstić information content (AvgIpc) is 3.08. The Morgan fingerprint density at radius 3 is 2.32 bits per heavy atom. The summed E-state index contributed by atoms with van der Waals surface area (Å²) >= 11 is 0. The number of benzene rings is 2. The molecular weight excluding hydrogens is 378 g/mol. The van der Waals surface area contributed by atoms with Gasteiger partial charge in [-0.15, -0.1) is 0 Å². The summed E-state index contributed by atoms with van der Waals surface area (Å²) in [5.74, 6) is 0.131. The molecule has 0 unspecified atom stereocenters. The Labute approximate surface area is 164 Å². The first-order valence-corrected chi connectivity index (χ1v) is 10.1. The standard InChI is InChI=1S/C20H21N3O4S/c1-14-18(19(22-27-14)16-7-5-4-6-8-16)20(24)21-13-15-9-11-17(12-10-15)28(25,26)23(2)3/h4-12H,13H2,1-3H3,(H,21,24). The summed E-state index contributed by atoms with van der Waals surface area (Å²) < 4.78 is 30.6. The molecule has 0 atom stereocenters. The van der Waals surface area contributed by atoms with Gasteiger partial charge in [-0.05, 0) is 24.6 Å². The van der Waals surface area contributed by atoms with E-state index >= 15 is 0 Å². The van der Waals surface area contributed by atoms with Crippen LogP contribution in [0, 0.1) is 6.92 Å². The highest BCUT2D eigenvalue weighted by Gasteiger charge is 2.21. The molecule has 3 rings (SSSR count). The molecule has 8 heteroatoms. The maximum Gasteiger partial charge on any atom is 0.257 e. The Morgan fingerprint density at radius 1 is 1.07 bits per heavy atom. The Bertz CT molecular complexity index is 1070. The normalized spacial score (nSPS) is 11.6. The van der Waals surface area contributed by atoms with Crippen molar-refractivity contribution < 1.29 is 17.7 Å². The molecule has 1 N–H and O–H groups in total. The van der Waals surface area contributed by atoms with Crippen LogP contribution < -0.4 is 5.32 Å². The zero-order chi connectivity index (χ0) is 20.3. The molecule has 1 heterocycles. The van der Waals surface area contributed by atoms with Crippen LogP contribution in [-0.2, 0) is 16.6 Å². The van der Waals surface area contributed by atoms with Crippen molar-refractivity contribution in [2.45, 2.75) is 18.4 Å². The molecule has 0 aliphatic heterocycles. The number of carbonyl (C=O) groups excluding carboxylic acids is 1. The van der Waals surface area contributed by atoms with Crippen molar-refractivity contribution >= 4 is 15.9 Å². The van der Waals surface area contributed by atoms with Gasteiger partial charge >= 0.3 is 0 Å². The molecule has 28 heavy (non-hydrogen) atoms. The van der Waals surface area contributed by atoms with Gasteiger partial charge in [-0.3, -0.25) is 4.79 Å². The third-order valence-corrected chi connectivity index (χ3v) is 6.12. The lowest BCUT2D eigenvalue weighted by molar-refractivity contribution is 0.0950. The number of nitrogens with one attached hydrogen (secondary N) is 1. The first-order valence-electron chi connectivity index (χ1n) is 8.62. The molecule has 0 bridgehead atoms. The minimum atomic E-state index is -3.48. The van der Waals surface area contributed by atoms with E-state index in [1.54, 1.807) is 19.1 Å². The number of aryl methyl sites for hydroxylation is 1. The van der Waals surface area contributed by atoms with Crippen LogP contribution in [0.4, 0.5) is 0 Å². The van der Waals surface area contributed by atoms with E-state index < -0.39 is 10.0 Å². The van der Waals surface area contributed by atoms with Gasteiger partial charge in [0.2, 0.25) is 10.0 Å². The Kier molecular flexibility index (Phi) is 5.62. The number of carbonyl (C=O) groups is 1. The van der Waals surface area contributed by atoms with Crippen molar-refractivity contribution in [1.82, 2.24) is 14.8 Å². The van der Waals surface area contributed by atoms with Crippen molar-refractivity contribution in [3.05, 3.63) is 71.5 Å². The third-order valence-electron chi connectivity index (χ3n) is 4.29. The van der Waals surface area contributed by atoms with Gasteiger partial charge < -0.3 is 9.84 Å². The molecule has 0 fully saturated rings. The van der Waals surface area contributed by atoms with E-state index in [2.05, 4.69) is 10.5 Å². The Balaban J connectivity index is 1.74. The van der Waals surface area contributed by atoms with E-state index in [0.29, 0.717) is 17.0 Å². The van der Waals surface area contributed by atoms with Gasteiger partial charge in [0.15, 0.2) is 0 Å². The smallest absolute Gasteiger partial charge is 0.257 e. The summed E-state index contributed by atoms with van der Waals surface area (Å²) in [6.45, 7) is 1.94. The number of sulfonamides is 1. The molecule has 7 nitrogen and oxygen atoms in total. The largest absolute Gasteiger partial charge is 0.360 e. The molecule has 0 aliphatic rings. The molecule has 0 radical (unpaired) electrons. The first kappa shape index (κ1) is 19.8. The van der Waals surface area contributed by atoms with Crippen LogP contribution in [0.15, 0.2) is 64.0 Å². The number of hydrogen-bond donors (Lipinski definition) is 1. The molecule has 1 aromatic heterocycles. The van der Waals surface area contributed by atoms with Gasteiger partial charge in [0.05, 0.1) is 4.90 Å². The fourth-order valence-corrected chi connectivity index (χ4v) is 3.60. The molecule has 2 aromatic carbocycles. The van der Waals surface area contributed by atoms with Crippen LogP contribution >= 0.6 is 0 Å². The van der Waals surface area contributed by atoms with Gasteiger partial charge in [-0.2, -0.15) is 0 Å². The number of rotatable bonds is 6. The van der Waals surface area contributed by atoms with Crippen molar-refractivity contribution in [2.24, 2.45) is 0 Å². The van der Waals surface area contributed by atoms with Crippen molar-refractivity contribution in [3.63, 3.8) is 0 Å². The lowest BCUT2D eigenvalue weighted by atomic mass is 10.1. The topological polar surface area (TPSA) is 92.5 Å². The second kappa shape index (κ2) is 7.95. The number of amides is 1. The lowest BCUT2D eigenvalue weighted by Gasteiger charge is -2.12. The number of hydrogen-bond acceptors (Lipinski definition) is 5. The van der Waals surface area contributed by atoms with Crippen LogP contribution in [0.3, 0.4) is 0 Å². The highest BCUT2D eigenvalue weighted by molar-refractivity contribution is 7.89. The highest BCUT2D eigenvalue weighted by Crippen LogP contribution is 2.25. The lowest BCUT2D eigenvalue weighted by Crippen LogP contribution is -2.24. The molecule has 0 saturated carbocycles. The molecule has 3 aromatic rings. The zero-order valence-electron chi connectivity index (χ0n) is 15.8. The molecule has 0 saturated heterocycles. The summed E-state index contributed by atoms with van der Waals surface area (Å²) in [7, 11) is -0.514. The Morgan fingerprint density at radius 2 is 1.71 bits per heavy atom. The predicted molar refractivity (Wildman–Crippen MR) is 105 cm³/mol. The second-order valence-electron chi connectivity index (χ2n) is 6.44. The summed E-state index contributed by atoms with van der Waals surface area (Å²) in [6, 6.07) is 15.7. The van der Waals surface area contributed by atoms with Crippen molar-refractivity contribution in [3.8, 4) is 11.3 Å². The second-order valence-corrected chi connectivity index (χ2v) is 8.59. The average molecular weight is 399 g/mol. The van der Waals surface area contributed by atoms with E-state index in [0.717, 1.165) is 15.4 Å². The SMILES string of the molecule is Cc1onc(-c2ccccc2)c1C(=O)NCc1ccc(S(=O)(=O)N(C)C)cc1. The summed E-state index contributed by atoms with van der Waals surface area (Å²) in [6.07, 6.45) is 0. The predicted octanol–water partition coefficient (Wildman–Crippen LogP) is 2.83. The van der Waals surface area contributed by atoms with Crippen LogP contribution in [0.5, 0.6) is 0 Å². The quantitative estimate of drug-likeness (QED) is 0.688. The van der Waals surface area contributed by atoms with Gasteiger partial charge in [0.1, 0.15) is 17.0 Å². The van der Waals surface area contributed by atoms with Crippen LogP contribution in [0.25, 0.3) is 11.3 Å². The van der Waals surface area contributed by atoms with E-state index in [4.69, 9.17) is 4.52 Å². The molecule has 0 aliphatic carbocycles. The molecule has 0 spiro atoms. The van der Waals surface area contributed by atoms with E-state index in [1.807, 2.05) is 30.3 Å². The van der Waals surface area contributed by atoms with Gasteiger partial charge in [0.25, 0.3) is 5.91 Å². The van der Waals surface area contributed by atoms with Gasteiger partial charge in [0, 0.05) is 26.2 Å². The van der Waals surface area contributed by atoms with E-state index in [1.165, 1.54) is 26.2 Å². The third kappa shape index (κ3) is 3.97. The van der Waals surface area contributed by atoms with Crippen LogP contribution in [-0.4, -0.2) is 37.9 Å². The zero-order valence-corrected chi connectivity index (χ0v) is 16.7. The highest BCUT2D eigenvalue weighted by atomic mass is 32.2. The number of aromatic nitrogens is 1. The summed E-state index contributed by atoms with van der Waals surface area (Å²) in [4.78, 5) is 12.9. The number of nitrogens with zero attached hydrogens (tertiary/aromatic N) is 2. The van der Waals surface area contributed by atoms with Gasteiger partial charge in [-0.1, -0.05) is 47.6 Å². The summed E-state index contributed by atoms with van der Waals surface area (Å²) in [5.41, 5.74) is 2.45. The Hall–Kier alpha value is -2.97. The van der Waals surface area contributed by atoms with Crippen LogP contribution in [0.1, 0.15) is 21.7 Å². The minimum absolute atomic E-state index is 0.203. The van der Waals surface area contributed by atoms with E-state index in [-0.39, 0.29) is 17.3 Å². The molecule has 1 amide bonds.